The molecule has 2 aliphatic rings. The molecule has 0 unspecified atom stereocenters. The first-order valence-corrected chi connectivity index (χ1v) is 15.7. The van der Waals surface area contributed by atoms with Crippen LogP contribution in [0.4, 0.5) is 0 Å². The number of hydrogen-bond acceptors (Lipinski definition) is 1. The molecule has 202 valence electrons. The Morgan fingerprint density at radius 3 is 2.14 bits per heavy atom. The zero-order valence-electron chi connectivity index (χ0n) is 27.3. The minimum atomic E-state index is -0.208. The first kappa shape index (κ1) is 19.8. The molecule has 44 heavy (non-hydrogen) atoms. The van der Waals surface area contributed by atoms with Crippen LogP contribution < -0.4 is 15.7 Å². The second-order valence-electron chi connectivity index (χ2n) is 11.7. The van der Waals surface area contributed by atoms with E-state index in [9.17, 15) is 0 Å². The van der Waals surface area contributed by atoms with Crippen molar-refractivity contribution in [1.82, 2.24) is 9.13 Å². The van der Waals surface area contributed by atoms with E-state index in [0.29, 0.717) is 10.9 Å². The summed E-state index contributed by atoms with van der Waals surface area (Å²) in [5.41, 5.74) is 11.8. The van der Waals surface area contributed by atoms with Crippen molar-refractivity contribution in [3.05, 3.63) is 139 Å². The molecule has 0 amide bonds. The fraction of sp³-hybridized carbons (Fsp3) is 0. The Morgan fingerprint density at radius 2 is 1.27 bits per heavy atom. The zero-order chi connectivity index (χ0) is 32.0. The molecule has 0 radical (unpaired) electrons. The van der Waals surface area contributed by atoms with Crippen molar-refractivity contribution in [3.63, 3.8) is 0 Å². The molecule has 0 saturated carbocycles. The Morgan fingerprint density at radius 1 is 0.591 bits per heavy atom. The number of para-hydroxylation sites is 3. The molecular weight excluding hydrogens is 551 g/mol. The Hall–Kier alpha value is -5.32. The lowest BCUT2D eigenvalue weighted by Crippen LogP contribution is -2.58. The minimum absolute atomic E-state index is 0.00585. The molecule has 0 aliphatic carbocycles. The molecule has 3 aromatic heterocycles. The summed E-state index contributed by atoms with van der Waals surface area (Å²) in [6, 6.07) is 40.2. The van der Waals surface area contributed by atoms with E-state index in [-0.39, 0.29) is 30.9 Å². The maximum Gasteiger partial charge on any atom is 0.264 e. The third-order valence-electron chi connectivity index (χ3n) is 9.62. The van der Waals surface area contributed by atoms with Crippen molar-refractivity contribution >= 4 is 77.4 Å². The summed E-state index contributed by atoms with van der Waals surface area (Å²) in [5, 5.41) is 3.67. The van der Waals surface area contributed by atoms with Crippen LogP contribution in [0, 0.1) is 0 Å². The molecule has 6 aromatic carbocycles. The van der Waals surface area contributed by atoms with E-state index in [1.54, 1.807) is 0 Å². The van der Waals surface area contributed by atoms with Gasteiger partial charge >= 0.3 is 0 Å². The smallest absolute Gasteiger partial charge is 0.264 e. The molecule has 4 heteroatoms. The SMILES string of the molecule is [2H]c1c([2H])c([2H])c2c(c1[2H])c1cc3c4ccccc4n4c3c3c1n2-c1ccccc1B3c1sc(-c2ccccc2)c(-c2ccccc2)c1-4. The maximum atomic E-state index is 9.14. The molecule has 0 N–H and O–H groups in total. The highest BCUT2D eigenvalue weighted by molar-refractivity contribution is 7.31. The van der Waals surface area contributed by atoms with Crippen molar-refractivity contribution in [1.29, 1.82) is 0 Å². The zero-order valence-corrected chi connectivity index (χ0v) is 24.2. The van der Waals surface area contributed by atoms with Crippen LogP contribution in [-0.2, 0) is 0 Å². The van der Waals surface area contributed by atoms with Gasteiger partial charge in [-0.25, -0.2) is 0 Å². The monoisotopic (exact) mass is 578 g/mol. The molecule has 0 spiro atoms. The van der Waals surface area contributed by atoms with E-state index >= 15 is 0 Å². The van der Waals surface area contributed by atoms with Gasteiger partial charge in [0.1, 0.15) is 0 Å². The fourth-order valence-electron chi connectivity index (χ4n) is 7.99. The molecule has 9 aromatic rings. The number of thiophene rings is 1. The van der Waals surface area contributed by atoms with Gasteiger partial charge in [0.2, 0.25) is 0 Å². The number of benzene rings is 6. The highest BCUT2D eigenvalue weighted by Crippen LogP contribution is 2.47. The van der Waals surface area contributed by atoms with Gasteiger partial charge < -0.3 is 9.13 Å². The summed E-state index contributed by atoms with van der Waals surface area (Å²) < 4.78 is 41.5. The van der Waals surface area contributed by atoms with Crippen LogP contribution >= 0.6 is 11.3 Å². The van der Waals surface area contributed by atoms with E-state index in [1.807, 2.05) is 17.4 Å². The summed E-state index contributed by atoms with van der Waals surface area (Å²) in [7, 11) is 0. The van der Waals surface area contributed by atoms with Crippen LogP contribution in [0.5, 0.6) is 0 Å². The molecule has 0 saturated heterocycles. The maximum absolute atomic E-state index is 9.14. The average molecular weight is 579 g/mol. The predicted octanol–water partition coefficient (Wildman–Crippen LogP) is 8.42. The van der Waals surface area contributed by atoms with Gasteiger partial charge in [0.15, 0.2) is 0 Å². The molecule has 2 nitrogen and oxygen atoms in total. The summed E-state index contributed by atoms with van der Waals surface area (Å²) in [5.74, 6) is 0. The van der Waals surface area contributed by atoms with Crippen molar-refractivity contribution in [3.8, 4) is 32.9 Å². The van der Waals surface area contributed by atoms with Gasteiger partial charge in [-0.1, -0.05) is 115 Å². The first-order chi connectivity index (χ1) is 23.5. The van der Waals surface area contributed by atoms with Crippen LogP contribution in [0.2, 0.25) is 0 Å². The van der Waals surface area contributed by atoms with Gasteiger partial charge in [-0.2, -0.15) is 0 Å². The van der Waals surface area contributed by atoms with Crippen molar-refractivity contribution in [2.75, 3.05) is 0 Å². The van der Waals surface area contributed by atoms with E-state index < -0.39 is 0 Å². The van der Waals surface area contributed by atoms with E-state index in [0.717, 1.165) is 43.9 Å². The van der Waals surface area contributed by atoms with Gasteiger partial charge in [-0.15, -0.1) is 11.3 Å². The average Bonchev–Trinajstić information content (AvgIpc) is 3.80. The van der Waals surface area contributed by atoms with Gasteiger partial charge in [-0.05, 0) is 46.3 Å². The van der Waals surface area contributed by atoms with E-state index in [2.05, 4.69) is 118 Å². The second-order valence-corrected chi connectivity index (χ2v) is 12.8. The van der Waals surface area contributed by atoms with Crippen molar-refractivity contribution in [2.24, 2.45) is 0 Å². The Kier molecular flexibility index (Phi) is 3.68. The summed E-state index contributed by atoms with van der Waals surface area (Å²) >= 11 is 1.86. The van der Waals surface area contributed by atoms with Gasteiger partial charge in [0.25, 0.3) is 6.71 Å². The normalized spacial score (nSPS) is 14.2. The van der Waals surface area contributed by atoms with Crippen molar-refractivity contribution in [2.45, 2.75) is 0 Å². The lowest BCUT2D eigenvalue weighted by atomic mass is 9.37. The van der Waals surface area contributed by atoms with Crippen LogP contribution in [0.1, 0.15) is 5.48 Å². The molecule has 11 rings (SSSR count). The molecule has 5 heterocycles. The van der Waals surface area contributed by atoms with Gasteiger partial charge in [0.05, 0.1) is 33.2 Å². The molecular formula is C40H23BN2S. The summed E-state index contributed by atoms with van der Waals surface area (Å²) in [4.78, 5) is 1.23. The van der Waals surface area contributed by atoms with Crippen LogP contribution in [-0.4, -0.2) is 15.8 Å². The molecule has 0 fully saturated rings. The Labute approximate surface area is 263 Å². The third kappa shape index (κ3) is 2.69. The highest BCUT2D eigenvalue weighted by Gasteiger charge is 2.43. The molecule has 2 aliphatic heterocycles. The quantitative estimate of drug-likeness (QED) is 0.182. The predicted molar refractivity (Wildman–Crippen MR) is 189 cm³/mol. The summed E-state index contributed by atoms with van der Waals surface area (Å²) in [6.07, 6.45) is 0. The topological polar surface area (TPSA) is 9.86 Å². The van der Waals surface area contributed by atoms with Crippen LogP contribution in [0.25, 0.3) is 76.6 Å². The standard InChI is InChI=1S/C40H23BN2S/c1-3-13-24(14-4-1)34-38-40(44-39(34)25-15-5-2-6-16-25)41-30-19-9-12-22-33(30)42-31-20-10-7-17-26(31)28-23-29-27-18-8-11-21-32(27)43(38)37(29)35(41)36(28)42/h1-23H/i7D,10D,17D,20D. The Balaban J connectivity index is 1.44. The van der Waals surface area contributed by atoms with Gasteiger partial charge in [-0.3, -0.25) is 0 Å². The molecule has 0 bridgehead atoms. The Bertz CT molecular complexity index is 2890. The van der Waals surface area contributed by atoms with E-state index in [4.69, 9.17) is 5.48 Å². The summed E-state index contributed by atoms with van der Waals surface area (Å²) in [6.45, 7) is -0.0877. The van der Waals surface area contributed by atoms with E-state index in [1.165, 1.54) is 37.5 Å². The number of rotatable bonds is 2. The molecule has 0 atom stereocenters. The number of aromatic nitrogens is 2. The largest absolute Gasteiger partial charge is 0.310 e. The van der Waals surface area contributed by atoms with Crippen LogP contribution in [0.3, 0.4) is 0 Å². The fourth-order valence-corrected chi connectivity index (χ4v) is 9.43. The lowest BCUT2D eigenvalue weighted by molar-refractivity contribution is 1.17. The van der Waals surface area contributed by atoms with Crippen LogP contribution in [0.15, 0.2) is 139 Å². The van der Waals surface area contributed by atoms with Gasteiger partial charge in [0, 0.05) is 42.4 Å². The second kappa shape index (κ2) is 8.19. The number of fused-ring (bicyclic) bond motifs is 12. The third-order valence-corrected chi connectivity index (χ3v) is 10.9. The minimum Gasteiger partial charge on any atom is -0.310 e. The lowest BCUT2D eigenvalue weighted by Gasteiger charge is -2.31. The van der Waals surface area contributed by atoms with Crippen molar-refractivity contribution < 1.29 is 5.48 Å². The first-order valence-electron chi connectivity index (χ1n) is 16.9. The number of nitrogens with zero attached hydrogens (tertiary/aromatic N) is 2. The highest BCUT2D eigenvalue weighted by atomic mass is 32.1. The number of hydrogen-bond donors (Lipinski definition) is 0.